The number of rotatable bonds is 5. The van der Waals surface area contributed by atoms with E-state index in [0.29, 0.717) is 17.3 Å². The molecule has 0 bridgehead atoms. The minimum absolute atomic E-state index is 0.113. The Labute approximate surface area is 127 Å². The van der Waals surface area contributed by atoms with Gasteiger partial charge in [0.25, 0.3) is 0 Å². The standard InChI is InChI=1S/C14H12BrF3OS/c15-8-11-1-2-13(12(7-11)14(16,17)18)19-5-3-10-4-6-20-9-10/h1-2,4,6-7,9H,3,5,8H2. The summed E-state index contributed by atoms with van der Waals surface area (Å²) in [4.78, 5) is 0. The van der Waals surface area contributed by atoms with Gasteiger partial charge in [0.2, 0.25) is 0 Å². The average molecular weight is 365 g/mol. The van der Waals surface area contributed by atoms with Gasteiger partial charge in [-0.05, 0) is 40.1 Å². The third kappa shape index (κ3) is 3.99. The molecule has 2 aromatic rings. The molecule has 0 unspecified atom stereocenters. The summed E-state index contributed by atoms with van der Waals surface area (Å²) in [5, 5.41) is 4.27. The summed E-state index contributed by atoms with van der Waals surface area (Å²) in [5.41, 5.74) is 0.919. The van der Waals surface area contributed by atoms with Crippen molar-refractivity contribution in [2.75, 3.05) is 6.61 Å². The summed E-state index contributed by atoms with van der Waals surface area (Å²) in [6.45, 7) is 0.230. The third-order valence-electron chi connectivity index (χ3n) is 2.73. The van der Waals surface area contributed by atoms with Crippen LogP contribution in [-0.4, -0.2) is 6.61 Å². The number of benzene rings is 1. The smallest absolute Gasteiger partial charge is 0.419 e. The van der Waals surface area contributed by atoms with Gasteiger partial charge >= 0.3 is 6.18 Å². The Bertz CT molecular complexity index is 552. The SMILES string of the molecule is FC(F)(F)c1cc(CBr)ccc1OCCc1ccsc1. The highest BCUT2D eigenvalue weighted by atomic mass is 79.9. The zero-order chi connectivity index (χ0) is 14.6. The van der Waals surface area contributed by atoms with E-state index in [1.54, 1.807) is 17.4 Å². The van der Waals surface area contributed by atoms with Gasteiger partial charge in [-0.2, -0.15) is 24.5 Å². The van der Waals surface area contributed by atoms with Gasteiger partial charge < -0.3 is 4.74 Å². The van der Waals surface area contributed by atoms with Crippen LogP contribution in [0.15, 0.2) is 35.0 Å². The largest absolute Gasteiger partial charge is 0.493 e. The molecule has 6 heteroatoms. The lowest BCUT2D eigenvalue weighted by Crippen LogP contribution is -2.10. The second kappa shape index (κ2) is 6.63. The number of ether oxygens (including phenoxy) is 1. The fourth-order valence-electron chi connectivity index (χ4n) is 1.72. The van der Waals surface area contributed by atoms with Gasteiger partial charge in [0, 0.05) is 11.8 Å². The van der Waals surface area contributed by atoms with Crippen molar-refractivity contribution in [3.05, 3.63) is 51.7 Å². The van der Waals surface area contributed by atoms with Gasteiger partial charge in [-0.25, -0.2) is 0 Å². The van der Waals surface area contributed by atoms with Gasteiger partial charge in [0.05, 0.1) is 12.2 Å². The van der Waals surface area contributed by atoms with Gasteiger partial charge in [-0.1, -0.05) is 22.0 Å². The lowest BCUT2D eigenvalue weighted by Gasteiger charge is -2.14. The molecule has 0 amide bonds. The van der Waals surface area contributed by atoms with Crippen LogP contribution in [0.3, 0.4) is 0 Å². The molecule has 0 aliphatic heterocycles. The molecule has 1 heterocycles. The van der Waals surface area contributed by atoms with Gasteiger partial charge in [-0.3, -0.25) is 0 Å². The zero-order valence-electron chi connectivity index (χ0n) is 10.4. The molecule has 0 saturated carbocycles. The van der Waals surface area contributed by atoms with Crippen LogP contribution in [0.1, 0.15) is 16.7 Å². The first-order valence-corrected chi connectivity index (χ1v) is 7.97. The maximum Gasteiger partial charge on any atom is 0.419 e. The van der Waals surface area contributed by atoms with Crippen LogP contribution in [0.25, 0.3) is 0 Å². The second-order valence-corrected chi connectivity index (χ2v) is 5.53. The molecule has 108 valence electrons. The molecule has 0 aliphatic rings. The first-order valence-electron chi connectivity index (χ1n) is 5.90. The van der Waals surface area contributed by atoms with Crippen molar-refractivity contribution in [2.45, 2.75) is 17.9 Å². The van der Waals surface area contributed by atoms with Crippen LogP contribution in [0.4, 0.5) is 13.2 Å². The van der Waals surface area contributed by atoms with Crippen molar-refractivity contribution in [2.24, 2.45) is 0 Å². The summed E-state index contributed by atoms with van der Waals surface area (Å²) in [7, 11) is 0. The van der Waals surface area contributed by atoms with Crippen molar-refractivity contribution >= 4 is 27.3 Å². The minimum atomic E-state index is -4.41. The van der Waals surface area contributed by atoms with Crippen molar-refractivity contribution in [3.63, 3.8) is 0 Å². The Morgan fingerprint density at radius 2 is 1.95 bits per heavy atom. The Kier molecular flexibility index (Phi) is 5.10. The quantitative estimate of drug-likeness (QED) is 0.655. The predicted octanol–water partition coefficient (Wildman–Crippen LogP) is 5.28. The van der Waals surface area contributed by atoms with Crippen LogP contribution in [0, 0.1) is 0 Å². The van der Waals surface area contributed by atoms with Gasteiger partial charge in [-0.15, -0.1) is 0 Å². The van der Waals surface area contributed by atoms with Crippen LogP contribution < -0.4 is 4.74 Å². The van der Waals surface area contributed by atoms with E-state index in [0.717, 1.165) is 11.6 Å². The van der Waals surface area contributed by atoms with Crippen LogP contribution in [0.2, 0.25) is 0 Å². The van der Waals surface area contributed by atoms with E-state index in [1.807, 2.05) is 16.8 Å². The normalized spacial score (nSPS) is 11.6. The highest BCUT2D eigenvalue weighted by Crippen LogP contribution is 2.37. The molecule has 0 aliphatic carbocycles. The molecule has 1 aromatic carbocycles. The zero-order valence-corrected chi connectivity index (χ0v) is 12.8. The maximum absolute atomic E-state index is 13.0. The number of halogens is 4. The van der Waals surface area contributed by atoms with E-state index >= 15 is 0 Å². The third-order valence-corrected chi connectivity index (χ3v) is 4.11. The van der Waals surface area contributed by atoms with Crippen molar-refractivity contribution in [1.29, 1.82) is 0 Å². The summed E-state index contributed by atoms with van der Waals surface area (Å²) >= 11 is 4.71. The lowest BCUT2D eigenvalue weighted by molar-refractivity contribution is -0.139. The van der Waals surface area contributed by atoms with Gasteiger partial charge in [0.15, 0.2) is 0 Å². The monoisotopic (exact) mass is 364 g/mol. The molecule has 0 spiro atoms. The van der Waals surface area contributed by atoms with E-state index in [9.17, 15) is 13.2 Å². The molecule has 2 rings (SSSR count). The van der Waals surface area contributed by atoms with E-state index < -0.39 is 11.7 Å². The van der Waals surface area contributed by atoms with E-state index in [2.05, 4.69) is 15.9 Å². The number of hydrogen-bond donors (Lipinski definition) is 0. The first-order chi connectivity index (χ1) is 9.50. The summed E-state index contributed by atoms with van der Waals surface area (Å²) < 4.78 is 44.2. The summed E-state index contributed by atoms with van der Waals surface area (Å²) in [6.07, 6.45) is -3.81. The highest BCUT2D eigenvalue weighted by Gasteiger charge is 2.34. The fraction of sp³-hybridized carbons (Fsp3) is 0.286. The predicted molar refractivity (Wildman–Crippen MR) is 77.6 cm³/mol. The molecule has 1 aromatic heterocycles. The van der Waals surface area contributed by atoms with Crippen molar-refractivity contribution < 1.29 is 17.9 Å². The van der Waals surface area contributed by atoms with E-state index in [4.69, 9.17) is 4.74 Å². The Hall–Kier alpha value is -1.01. The molecule has 0 radical (unpaired) electrons. The van der Waals surface area contributed by atoms with Crippen LogP contribution >= 0.6 is 27.3 Å². The van der Waals surface area contributed by atoms with Gasteiger partial charge in [0.1, 0.15) is 5.75 Å². The molecule has 0 atom stereocenters. The number of alkyl halides is 4. The average Bonchev–Trinajstić information content (AvgIpc) is 2.91. The highest BCUT2D eigenvalue weighted by molar-refractivity contribution is 9.08. The number of thiophene rings is 1. The van der Waals surface area contributed by atoms with E-state index in [-0.39, 0.29) is 12.4 Å². The second-order valence-electron chi connectivity index (χ2n) is 4.19. The molecule has 0 N–H and O–H groups in total. The molecule has 0 fully saturated rings. The van der Waals surface area contributed by atoms with Crippen molar-refractivity contribution in [1.82, 2.24) is 0 Å². The summed E-state index contributed by atoms with van der Waals surface area (Å²) in [6, 6.07) is 6.07. The minimum Gasteiger partial charge on any atom is -0.493 e. The Morgan fingerprint density at radius 3 is 2.55 bits per heavy atom. The Morgan fingerprint density at radius 1 is 1.15 bits per heavy atom. The molecule has 0 saturated heterocycles. The molecular formula is C14H12BrF3OS. The van der Waals surface area contributed by atoms with Crippen LogP contribution in [-0.2, 0) is 17.9 Å². The molecule has 20 heavy (non-hydrogen) atoms. The maximum atomic E-state index is 13.0. The number of hydrogen-bond acceptors (Lipinski definition) is 2. The molecule has 1 nitrogen and oxygen atoms in total. The lowest BCUT2D eigenvalue weighted by atomic mass is 10.1. The first kappa shape index (κ1) is 15.4. The molecular weight excluding hydrogens is 353 g/mol. The fourth-order valence-corrected chi connectivity index (χ4v) is 2.77. The van der Waals surface area contributed by atoms with Crippen molar-refractivity contribution in [3.8, 4) is 5.75 Å². The topological polar surface area (TPSA) is 9.23 Å². The Balaban J connectivity index is 2.10. The van der Waals surface area contributed by atoms with Crippen LogP contribution in [0.5, 0.6) is 5.75 Å². The van der Waals surface area contributed by atoms with E-state index in [1.165, 1.54) is 6.07 Å². The summed E-state index contributed by atoms with van der Waals surface area (Å²) in [5.74, 6) is -0.113.